The number of carbonyl (C=O) groups is 1. The molecular formula is C19H17BrN2O2. The molecule has 0 saturated heterocycles. The van der Waals surface area contributed by atoms with Gasteiger partial charge in [-0.25, -0.2) is 0 Å². The van der Waals surface area contributed by atoms with E-state index < -0.39 is 0 Å². The van der Waals surface area contributed by atoms with Crippen LogP contribution in [0.5, 0.6) is 0 Å². The lowest BCUT2D eigenvalue weighted by atomic mass is 10.0. The van der Waals surface area contributed by atoms with Crippen molar-refractivity contribution >= 4 is 21.8 Å². The maximum atomic E-state index is 12.1. The molecule has 1 heterocycles. The Morgan fingerprint density at radius 2 is 1.96 bits per heavy atom. The average molecular weight is 385 g/mol. The van der Waals surface area contributed by atoms with Gasteiger partial charge in [-0.3, -0.25) is 4.79 Å². The SMILES string of the molecule is O=C(CCc1conc1-c1ccccc1)NCc1cccc(Br)c1. The van der Waals surface area contributed by atoms with Crippen LogP contribution in [-0.2, 0) is 17.8 Å². The van der Waals surface area contributed by atoms with Crippen LogP contribution in [0.15, 0.2) is 69.9 Å². The highest BCUT2D eigenvalue weighted by atomic mass is 79.9. The molecule has 1 N–H and O–H groups in total. The zero-order valence-corrected chi connectivity index (χ0v) is 14.6. The molecule has 2 aromatic carbocycles. The highest BCUT2D eigenvalue weighted by molar-refractivity contribution is 9.10. The third kappa shape index (κ3) is 4.32. The minimum atomic E-state index is 0.00943. The molecular weight excluding hydrogens is 368 g/mol. The number of nitrogens with one attached hydrogen (secondary N) is 1. The van der Waals surface area contributed by atoms with Crippen molar-refractivity contribution in [3.8, 4) is 11.3 Å². The van der Waals surface area contributed by atoms with Crippen LogP contribution >= 0.6 is 15.9 Å². The summed E-state index contributed by atoms with van der Waals surface area (Å²) in [6.45, 7) is 0.521. The third-order valence-corrected chi connectivity index (χ3v) is 4.18. The molecule has 0 spiro atoms. The predicted octanol–water partition coefficient (Wildman–Crippen LogP) is 4.35. The predicted molar refractivity (Wildman–Crippen MR) is 96.2 cm³/mol. The van der Waals surface area contributed by atoms with Crippen LogP contribution in [0.2, 0.25) is 0 Å². The largest absolute Gasteiger partial charge is 0.364 e. The van der Waals surface area contributed by atoms with Crippen molar-refractivity contribution in [2.75, 3.05) is 0 Å². The van der Waals surface area contributed by atoms with Crippen molar-refractivity contribution < 1.29 is 9.32 Å². The topological polar surface area (TPSA) is 55.1 Å². The summed E-state index contributed by atoms with van der Waals surface area (Å²) >= 11 is 3.43. The van der Waals surface area contributed by atoms with Crippen molar-refractivity contribution in [3.05, 3.63) is 76.5 Å². The number of amides is 1. The van der Waals surface area contributed by atoms with Crippen molar-refractivity contribution in [1.29, 1.82) is 0 Å². The Bertz CT molecular complexity index is 815. The second-order valence-electron chi connectivity index (χ2n) is 5.46. The van der Waals surface area contributed by atoms with Gasteiger partial charge in [0.1, 0.15) is 12.0 Å². The Kier molecular flexibility index (Phi) is 5.43. The number of aryl methyl sites for hydroxylation is 1. The van der Waals surface area contributed by atoms with Crippen LogP contribution in [0.25, 0.3) is 11.3 Å². The highest BCUT2D eigenvalue weighted by Gasteiger charge is 2.11. The molecule has 0 bridgehead atoms. The summed E-state index contributed by atoms with van der Waals surface area (Å²) in [5.74, 6) is 0.00943. The number of benzene rings is 2. The Labute approximate surface area is 149 Å². The molecule has 1 amide bonds. The molecule has 1 aromatic heterocycles. The second kappa shape index (κ2) is 7.93. The van der Waals surface area contributed by atoms with Crippen molar-refractivity contribution in [1.82, 2.24) is 10.5 Å². The molecule has 3 aromatic rings. The number of nitrogens with zero attached hydrogens (tertiary/aromatic N) is 1. The Balaban J connectivity index is 1.55. The van der Waals surface area contributed by atoms with Gasteiger partial charge in [0.15, 0.2) is 0 Å². The number of rotatable bonds is 6. The minimum Gasteiger partial charge on any atom is -0.364 e. The van der Waals surface area contributed by atoms with Crippen LogP contribution in [-0.4, -0.2) is 11.1 Å². The Morgan fingerprint density at radius 3 is 2.75 bits per heavy atom. The zero-order chi connectivity index (χ0) is 16.8. The van der Waals surface area contributed by atoms with Gasteiger partial charge in [0, 0.05) is 28.6 Å². The molecule has 0 radical (unpaired) electrons. The maximum Gasteiger partial charge on any atom is 0.220 e. The fourth-order valence-corrected chi connectivity index (χ4v) is 2.90. The van der Waals surface area contributed by atoms with Gasteiger partial charge in [-0.1, -0.05) is 63.6 Å². The zero-order valence-electron chi connectivity index (χ0n) is 13.0. The van der Waals surface area contributed by atoms with E-state index in [1.54, 1.807) is 6.26 Å². The van der Waals surface area contributed by atoms with Crippen LogP contribution in [0.4, 0.5) is 0 Å². The van der Waals surface area contributed by atoms with Crippen molar-refractivity contribution in [2.45, 2.75) is 19.4 Å². The lowest BCUT2D eigenvalue weighted by Gasteiger charge is -2.06. The maximum absolute atomic E-state index is 12.1. The summed E-state index contributed by atoms with van der Waals surface area (Å²) in [5, 5.41) is 6.99. The summed E-state index contributed by atoms with van der Waals surface area (Å²) in [5.41, 5.74) is 3.80. The summed E-state index contributed by atoms with van der Waals surface area (Å²) in [6.07, 6.45) is 2.61. The van der Waals surface area contributed by atoms with E-state index in [-0.39, 0.29) is 5.91 Å². The van der Waals surface area contributed by atoms with E-state index in [0.29, 0.717) is 19.4 Å². The molecule has 0 aliphatic carbocycles. The van der Waals surface area contributed by atoms with Crippen LogP contribution in [0, 0.1) is 0 Å². The molecule has 5 heteroatoms. The van der Waals surface area contributed by atoms with E-state index in [1.165, 1.54) is 0 Å². The summed E-state index contributed by atoms with van der Waals surface area (Å²) in [6, 6.07) is 17.7. The van der Waals surface area contributed by atoms with Crippen LogP contribution in [0.1, 0.15) is 17.5 Å². The molecule has 4 nitrogen and oxygen atoms in total. The number of carbonyl (C=O) groups excluding carboxylic acids is 1. The second-order valence-corrected chi connectivity index (χ2v) is 6.38. The number of hydrogen-bond acceptors (Lipinski definition) is 3. The molecule has 0 aliphatic heterocycles. The first-order valence-electron chi connectivity index (χ1n) is 7.72. The molecule has 3 rings (SSSR count). The van der Waals surface area contributed by atoms with Crippen molar-refractivity contribution in [3.63, 3.8) is 0 Å². The minimum absolute atomic E-state index is 0.00943. The molecule has 122 valence electrons. The van der Waals surface area contributed by atoms with E-state index in [1.807, 2.05) is 54.6 Å². The molecule has 24 heavy (non-hydrogen) atoms. The van der Waals surface area contributed by atoms with Gasteiger partial charge in [0.2, 0.25) is 5.91 Å². The fourth-order valence-electron chi connectivity index (χ4n) is 2.45. The van der Waals surface area contributed by atoms with Gasteiger partial charge >= 0.3 is 0 Å². The lowest BCUT2D eigenvalue weighted by Crippen LogP contribution is -2.23. The van der Waals surface area contributed by atoms with Gasteiger partial charge < -0.3 is 9.84 Å². The normalized spacial score (nSPS) is 10.5. The fraction of sp³-hybridized carbons (Fsp3) is 0.158. The van der Waals surface area contributed by atoms with E-state index in [9.17, 15) is 4.79 Å². The van der Waals surface area contributed by atoms with Crippen molar-refractivity contribution in [2.24, 2.45) is 0 Å². The number of hydrogen-bond donors (Lipinski definition) is 1. The van der Waals surface area contributed by atoms with E-state index >= 15 is 0 Å². The number of aromatic nitrogens is 1. The van der Waals surface area contributed by atoms with E-state index in [4.69, 9.17) is 4.52 Å². The first kappa shape index (κ1) is 16.5. The highest BCUT2D eigenvalue weighted by Crippen LogP contribution is 2.22. The van der Waals surface area contributed by atoms with Gasteiger partial charge in [0.05, 0.1) is 0 Å². The molecule has 0 aliphatic rings. The summed E-state index contributed by atoms with van der Waals surface area (Å²) < 4.78 is 6.09. The molecule has 0 unspecified atom stereocenters. The van der Waals surface area contributed by atoms with Gasteiger partial charge in [-0.05, 0) is 24.1 Å². The lowest BCUT2D eigenvalue weighted by molar-refractivity contribution is -0.121. The smallest absolute Gasteiger partial charge is 0.220 e. The Morgan fingerprint density at radius 1 is 1.12 bits per heavy atom. The van der Waals surface area contributed by atoms with Crippen LogP contribution in [0.3, 0.4) is 0 Å². The summed E-state index contributed by atoms with van der Waals surface area (Å²) in [4.78, 5) is 12.1. The first-order chi connectivity index (χ1) is 11.7. The third-order valence-electron chi connectivity index (χ3n) is 3.69. The monoisotopic (exact) mass is 384 g/mol. The molecule has 0 saturated carbocycles. The van der Waals surface area contributed by atoms with Gasteiger partial charge in [-0.15, -0.1) is 0 Å². The average Bonchev–Trinajstić information content (AvgIpc) is 3.07. The quantitative estimate of drug-likeness (QED) is 0.686. The van der Waals surface area contributed by atoms with Gasteiger partial charge in [0.25, 0.3) is 0 Å². The Hall–Kier alpha value is -2.40. The molecule has 0 fully saturated rings. The van der Waals surface area contributed by atoms with Crippen LogP contribution < -0.4 is 5.32 Å². The standard InChI is InChI=1S/C19H17BrN2O2/c20-17-8-4-5-14(11-17)12-21-18(23)10-9-16-13-24-22-19(16)15-6-2-1-3-7-15/h1-8,11,13H,9-10,12H2,(H,21,23). The molecule has 0 atom stereocenters. The first-order valence-corrected chi connectivity index (χ1v) is 8.51. The number of halogens is 1. The van der Waals surface area contributed by atoms with E-state index in [2.05, 4.69) is 26.4 Å². The summed E-state index contributed by atoms with van der Waals surface area (Å²) in [7, 11) is 0. The van der Waals surface area contributed by atoms with Gasteiger partial charge in [-0.2, -0.15) is 0 Å². The van der Waals surface area contributed by atoms with E-state index in [0.717, 1.165) is 26.9 Å².